The predicted octanol–water partition coefficient (Wildman–Crippen LogP) is 3.07. The zero-order chi connectivity index (χ0) is 26.0. The number of aromatic nitrogens is 5. The van der Waals surface area contributed by atoms with Gasteiger partial charge in [0.2, 0.25) is 0 Å². The van der Waals surface area contributed by atoms with E-state index in [0.29, 0.717) is 21.4 Å². The Bertz CT molecular complexity index is 1400. The third kappa shape index (κ3) is 5.52. The van der Waals surface area contributed by atoms with Crippen molar-refractivity contribution < 1.29 is 9.47 Å². The average molecular weight is 535 g/mol. The molecule has 1 atom stereocenters. The van der Waals surface area contributed by atoms with Crippen LogP contribution >= 0.6 is 23.2 Å². The van der Waals surface area contributed by atoms with Crippen LogP contribution in [-0.2, 0) is 10.1 Å². The molecule has 4 heterocycles. The van der Waals surface area contributed by atoms with E-state index in [9.17, 15) is 0 Å². The van der Waals surface area contributed by atoms with E-state index in [-0.39, 0.29) is 11.4 Å². The van der Waals surface area contributed by atoms with Gasteiger partial charge < -0.3 is 14.4 Å². The molecule has 0 spiro atoms. The molecule has 0 amide bonds. The lowest BCUT2D eigenvalue weighted by molar-refractivity contribution is 0.0216. The quantitative estimate of drug-likeness (QED) is 0.364. The number of rotatable bonds is 7. The summed E-state index contributed by atoms with van der Waals surface area (Å²) in [5, 5.41) is 18.1. The molecular weight excluding hydrogens is 509 g/mol. The van der Waals surface area contributed by atoms with E-state index >= 15 is 0 Å². The van der Waals surface area contributed by atoms with Crippen LogP contribution in [0.2, 0.25) is 10.0 Å². The minimum Gasteiger partial charge on any atom is -0.486 e. The van der Waals surface area contributed by atoms with Gasteiger partial charge in [0, 0.05) is 41.8 Å². The van der Waals surface area contributed by atoms with E-state index < -0.39 is 0 Å². The predicted molar refractivity (Wildman–Crippen MR) is 152 cm³/mol. The van der Waals surface area contributed by atoms with Gasteiger partial charge in [-0.15, -0.1) is 0 Å². The zero-order valence-corrected chi connectivity index (χ0v) is 22.4. The smallest absolute Gasteiger partial charge is 0.124 e. The molecule has 1 unspecified atom stereocenters. The Kier molecular flexibility index (Phi) is 7.53. The SMILES string of the molecule is BC(B)(c1ccc(/C=C/c2n[nH]c3ccc(OC(C)c4c(Cl)cncc4Cl)cc23)nn1)N1CCOCC1. The molecule has 188 valence electrons. The summed E-state index contributed by atoms with van der Waals surface area (Å²) in [5.41, 5.74) is 4.05. The second-order valence-corrected chi connectivity index (χ2v) is 10.2. The van der Waals surface area contributed by atoms with E-state index in [2.05, 4.69) is 46.0 Å². The van der Waals surface area contributed by atoms with Crippen molar-refractivity contribution in [1.82, 2.24) is 30.3 Å². The molecule has 1 N–H and O–H groups in total. The van der Waals surface area contributed by atoms with E-state index in [1.54, 1.807) is 12.4 Å². The minimum atomic E-state index is -0.359. The summed E-state index contributed by atoms with van der Waals surface area (Å²) in [4.78, 5) is 6.39. The largest absolute Gasteiger partial charge is 0.486 e. The number of hydrogen-bond acceptors (Lipinski definition) is 7. The highest BCUT2D eigenvalue weighted by Gasteiger charge is 2.31. The van der Waals surface area contributed by atoms with Crippen molar-refractivity contribution in [3.63, 3.8) is 0 Å². The number of fused-ring (bicyclic) bond motifs is 1. The third-order valence-electron chi connectivity index (χ3n) is 6.70. The van der Waals surface area contributed by atoms with Gasteiger partial charge in [-0.25, -0.2) is 0 Å². The van der Waals surface area contributed by atoms with Crippen molar-refractivity contribution in [2.45, 2.75) is 18.4 Å². The molecule has 1 aliphatic rings. The van der Waals surface area contributed by atoms with Gasteiger partial charge in [-0.05, 0) is 49.4 Å². The van der Waals surface area contributed by atoms with Crippen LogP contribution in [0.25, 0.3) is 23.1 Å². The Balaban J connectivity index is 1.33. The minimum absolute atomic E-state index is 0.213. The number of nitrogens with zero attached hydrogens (tertiary/aromatic N) is 5. The van der Waals surface area contributed by atoms with Gasteiger partial charge in [-0.3, -0.25) is 10.1 Å². The normalized spacial score (nSPS) is 15.9. The number of H-pyrrole nitrogens is 1. The number of benzene rings is 1. The van der Waals surface area contributed by atoms with Crippen LogP contribution in [0.5, 0.6) is 5.75 Å². The molecule has 1 fully saturated rings. The van der Waals surface area contributed by atoms with E-state index in [1.165, 1.54) is 0 Å². The average Bonchev–Trinajstić information content (AvgIpc) is 3.30. The lowest BCUT2D eigenvalue weighted by Gasteiger charge is -2.40. The molecule has 1 saturated heterocycles. The maximum atomic E-state index is 6.30. The van der Waals surface area contributed by atoms with Gasteiger partial charge in [0.1, 0.15) is 27.5 Å². The Hall–Kier alpha value is -2.91. The van der Waals surface area contributed by atoms with Crippen LogP contribution in [0, 0.1) is 0 Å². The first-order chi connectivity index (χ1) is 17.8. The van der Waals surface area contributed by atoms with Gasteiger partial charge in [0.05, 0.1) is 45.9 Å². The maximum absolute atomic E-state index is 6.30. The van der Waals surface area contributed by atoms with Crippen LogP contribution in [0.15, 0.2) is 42.7 Å². The number of pyridine rings is 1. The van der Waals surface area contributed by atoms with Gasteiger partial charge in [0.25, 0.3) is 0 Å². The Morgan fingerprint density at radius 1 is 1.08 bits per heavy atom. The first-order valence-corrected chi connectivity index (χ1v) is 12.9. The third-order valence-corrected chi connectivity index (χ3v) is 7.30. The van der Waals surface area contributed by atoms with Gasteiger partial charge in [0.15, 0.2) is 0 Å². The summed E-state index contributed by atoms with van der Waals surface area (Å²) in [7, 11) is 4.34. The molecule has 1 aliphatic heterocycles. The Morgan fingerprint density at radius 2 is 1.84 bits per heavy atom. The number of hydrogen-bond donors (Lipinski definition) is 1. The summed E-state index contributed by atoms with van der Waals surface area (Å²) in [6, 6.07) is 9.77. The van der Waals surface area contributed by atoms with Gasteiger partial charge >= 0.3 is 0 Å². The van der Waals surface area contributed by atoms with Gasteiger partial charge in [-0.1, -0.05) is 23.2 Å². The van der Waals surface area contributed by atoms with Crippen molar-refractivity contribution in [2.24, 2.45) is 0 Å². The standard InChI is InChI=1S/C25H26B2Cl2N6O2/c1-15(24-19(28)13-30-14-20(24)29)37-17-4-6-22-18(12-17)21(32-33-22)5-2-16-3-7-23(34-31-16)25(26,27)35-8-10-36-11-9-35/h2-7,12-15H,8-11,26-27H2,1H3,(H,32,33)/b5-2+. The zero-order valence-electron chi connectivity index (χ0n) is 20.9. The molecule has 8 nitrogen and oxygen atoms in total. The number of aromatic amines is 1. The molecule has 37 heavy (non-hydrogen) atoms. The monoisotopic (exact) mass is 534 g/mol. The number of morpholine rings is 1. The summed E-state index contributed by atoms with van der Waals surface area (Å²) >= 11 is 12.6. The molecule has 3 aromatic heterocycles. The van der Waals surface area contributed by atoms with E-state index in [1.807, 2.05) is 49.4 Å². The summed E-state index contributed by atoms with van der Waals surface area (Å²) in [6.07, 6.45) is 6.58. The highest BCUT2D eigenvalue weighted by molar-refractivity contribution is 6.39. The van der Waals surface area contributed by atoms with Gasteiger partial charge in [-0.2, -0.15) is 15.3 Å². The van der Waals surface area contributed by atoms with Crippen molar-refractivity contribution >= 4 is 61.9 Å². The van der Waals surface area contributed by atoms with Crippen molar-refractivity contribution in [3.05, 3.63) is 75.4 Å². The fourth-order valence-electron chi connectivity index (χ4n) is 4.49. The highest BCUT2D eigenvalue weighted by atomic mass is 35.5. The number of nitrogens with one attached hydrogen (secondary N) is 1. The van der Waals surface area contributed by atoms with E-state index in [0.717, 1.165) is 54.3 Å². The van der Waals surface area contributed by atoms with Crippen LogP contribution < -0.4 is 4.74 Å². The lowest BCUT2D eigenvalue weighted by Crippen LogP contribution is -2.52. The van der Waals surface area contributed by atoms with Crippen LogP contribution in [0.1, 0.15) is 35.7 Å². The van der Waals surface area contributed by atoms with Crippen LogP contribution in [0.3, 0.4) is 0 Å². The second kappa shape index (κ2) is 10.8. The van der Waals surface area contributed by atoms with E-state index in [4.69, 9.17) is 32.7 Å². The number of halogens is 2. The van der Waals surface area contributed by atoms with Crippen molar-refractivity contribution in [3.8, 4) is 5.75 Å². The van der Waals surface area contributed by atoms with Crippen molar-refractivity contribution in [2.75, 3.05) is 26.3 Å². The molecule has 5 rings (SSSR count). The second-order valence-electron chi connectivity index (χ2n) is 9.43. The molecule has 0 radical (unpaired) electrons. The molecule has 4 aromatic rings. The number of ether oxygens (including phenoxy) is 2. The van der Waals surface area contributed by atoms with Crippen LogP contribution in [-0.4, -0.2) is 72.3 Å². The topological polar surface area (TPSA) is 89.0 Å². The van der Waals surface area contributed by atoms with Crippen LogP contribution in [0.4, 0.5) is 0 Å². The lowest BCUT2D eigenvalue weighted by atomic mass is 9.58. The Labute approximate surface area is 227 Å². The molecule has 12 heteroatoms. The molecule has 0 saturated carbocycles. The van der Waals surface area contributed by atoms with Crippen molar-refractivity contribution in [1.29, 1.82) is 0 Å². The fraction of sp³-hybridized carbons (Fsp3) is 0.280. The molecular formula is C25H26B2Cl2N6O2. The first-order valence-electron chi connectivity index (χ1n) is 12.1. The molecule has 1 aromatic carbocycles. The Morgan fingerprint density at radius 3 is 2.54 bits per heavy atom. The highest BCUT2D eigenvalue weighted by Crippen LogP contribution is 2.33. The fourth-order valence-corrected chi connectivity index (χ4v) is 5.16. The molecule has 0 bridgehead atoms. The summed E-state index contributed by atoms with van der Waals surface area (Å²) < 4.78 is 11.6. The first kappa shape index (κ1) is 25.7. The summed E-state index contributed by atoms with van der Waals surface area (Å²) in [5.74, 6) is 0.675. The maximum Gasteiger partial charge on any atom is 0.124 e. The molecule has 0 aliphatic carbocycles. The summed E-state index contributed by atoms with van der Waals surface area (Å²) in [6.45, 7) is 5.15.